The van der Waals surface area contributed by atoms with Gasteiger partial charge < -0.3 is 52.2 Å². The summed E-state index contributed by atoms with van der Waals surface area (Å²) in [4.78, 5) is 90.8. The van der Waals surface area contributed by atoms with Gasteiger partial charge in [-0.2, -0.15) is 9.97 Å². The molecule has 0 aromatic carbocycles. The van der Waals surface area contributed by atoms with Crippen LogP contribution in [-0.4, -0.2) is 128 Å². The zero-order chi connectivity index (χ0) is 50.6. The second-order valence-electron chi connectivity index (χ2n) is 18.8. The number of aliphatic hydroxyl groups is 2. The van der Waals surface area contributed by atoms with E-state index in [0.717, 1.165) is 56.6 Å². The number of fused-ring (bicyclic) bond motifs is 4. The highest BCUT2D eigenvalue weighted by molar-refractivity contribution is 5.79. The highest BCUT2D eigenvalue weighted by Crippen LogP contribution is 2.27. The van der Waals surface area contributed by atoms with E-state index in [1.807, 2.05) is 10.8 Å². The topological polar surface area (TPSA) is 401 Å². The summed E-state index contributed by atoms with van der Waals surface area (Å²) < 4.78 is 3.53. The van der Waals surface area contributed by atoms with Gasteiger partial charge in [0.15, 0.2) is 22.3 Å². The number of hydrogen-bond donors (Lipinski definition) is 12. The molecule has 16 N–H and O–H groups in total. The van der Waals surface area contributed by atoms with Crippen molar-refractivity contribution in [3.63, 3.8) is 0 Å². The van der Waals surface area contributed by atoms with E-state index in [1.165, 1.54) is 6.33 Å². The molecule has 10 rings (SSSR count). The fourth-order valence-corrected chi connectivity index (χ4v) is 8.64. The van der Waals surface area contributed by atoms with Gasteiger partial charge in [-0.25, -0.2) is 19.9 Å². The molecule has 4 atom stereocenters. The Morgan fingerprint density at radius 1 is 0.671 bits per heavy atom. The van der Waals surface area contributed by atoms with Gasteiger partial charge in [-0.15, -0.1) is 0 Å². The standard InChI is InChI=1S/2C13H19N5O2.C12H19N5O.C6H7N5O/c1-7-3-18(5-9(7)6-19)4-8-2-15-11-10(8)16-13(14)17-12(11)20;1-2-7-4-18(6-9(7)19)5-8-3-15-11-10(8)16-13(14)17-12(11)20;1-4-12(2,3)5-6-17-7-14-8-9(17)15-11(13)16-10(8)18;1-11-2-8-3-4(11)9-6(7)10-5(3)12/h2,7,9,15,19H,3-6H2,1H3,(H3,14,16,17,20);3,7,9,15,19H,2,4-6H2,1H3,(H3,14,16,17,20);7H,4-6H2,1-3H3,(H3,13,15,16,18);2H,1H3,(H3,7,9,10,12). The number of aromatic nitrogens is 14. The Hall–Kier alpha value is -7.42. The third kappa shape index (κ3) is 11.4. The van der Waals surface area contributed by atoms with Crippen LogP contribution in [0.5, 0.6) is 0 Å². The molecule has 0 bridgehead atoms. The van der Waals surface area contributed by atoms with E-state index in [1.54, 1.807) is 24.1 Å². The zero-order valence-electron chi connectivity index (χ0n) is 40.2. The molecule has 8 aromatic heterocycles. The number of aromatic amines is 6. The second kappa shape index (κ2) is 21.1. The first-order valence-electron chi connectivity index (χ1n) is 23.1. The van der Waals surface area contributed by atoms with Gasteiger partial charge in [0.05, 0.1) is 18.8 Å². The summed E-state index contributed by atoms with van der Waals surface area (Å²) in [7, 11) is 1.75. The SMILES string of the molecule is CC1CN(Cc2c[nH]c3c(=O)[nH]c(N)nc23)CC1CO.CCC(C)(C)CCn1cnc2c(=O)[nH]c(N)nc21.CCC1CN(Cc2c[nH]c3c(=O)[nH]c(N)nc23)CC1O.Cn1cnc2c(=O)[nH]c(N)nc21. The van der Waals surface area contributed by atoms with Crippen LogP contribution in [0.25, 0.3) is 44.4 Å². The van der Waals surface area contributed by atoms with E-state index in [2.05, 4.69) is 104 Å². The first kappa shape index (κ1) is 50.5. The smallest absolute Gasteiger partial charge is 0.280 e. The van der Waals surface area contributed by atoms with Crippen LogP contribution in [0.15, 0.2) is 44.2 Å². The highest BCUT2D eigenvalue weighted by atomic mass is 16.3. The van der Waals surface area contributed by atoms with Gasteiger partial charge in [-0.3, -0.25) is 48.9 Å². The van der Waals surface area contributed by atoms with E-state index < -0.39 is 0 Å². The van der Waals surface area contributed by atoms with Gasteiger partial charge in [0.25, 0.3) is 22.2 Å². The minimum absolute atomic E-state index is 0.108. The molecule has 2 aliphatic rings. The van der Waals surface area contributed by atoms with Crippen molar-refractivity contribution in [1.29, 1.82) is 0 Å². The number of anilines is 4. The summed E-state index contributed by atoms with van der Waals surface area (Å²) in [5.41, 5.74) is 27.0. The van der Waals surface area contributed by atoms with Crippen LogP contribution >= 0.6 is 0 Å². The molecule has 2 saturated heterocycles. The molecular weight excluding hydrogens is 905 g/mol. The number of imidazole rings is 2. The maximum Gasteiger partial charge on any atom is 0.280 e. The molecule has 376 valence electrons. The average Bonchev–Trinajstić information content (AvgIpc) is 4.18. The van der Waals surface area contributed by atoms with Crippen LogP contribution in [0.2, 0.25) is 0 Å². The minimum atomic E-state index is -0.307. The van der Waals surface area contributed by atoms with E-state index in [-0.39, 0.29) is 64.2 Å². The summed E-state index contributed by atoms with van der Waals surface area (Å²) >= 11 is 0. The van der Waals surface area contributed by atoms with Crippen molar-refractivity contribution in [2.45, 2.75) is 79.6 Å². The van der Waals surface area contributed by atoms with Crippen molar-refractivity contribution in [2.75, 3.05) is 55.7 Å². The fraction of sp³-hybridized carbons (Fsp3) is 0.500. The Labute approximate surface area is 399 Å². The number of H-pyrrole nitrogens is 6. The van der Waals surface area contributed by atoms with Gasteiger partial charge in [0.2, 0.25) is 23.8 Å². The number of nitrogens with two attached hydrogens (primary N) is 4. The third-order valence-corrected chi connectivity index (χ3v) is 13.2. The summed E-state index contributed by atoms with van der Waals surface area (Å²) in [6.07, 6.45) is 9.58. The lowest BCUT2D eigenvalue weighted by Crippen LogP contribution is -2.21. The molecule has 4 unspecified atom stereocenters. The van der Waals surface area contributed by atoms with Crippen molar-refractivity contribution in [3.05, 3.63) is 77.6 Å². The quantitative estimate of drug-likeness (QED) is 0.0897. The highest BCUT2D eigenvalue weighted by Gasteiger charge is 2.31. The van der Waals surface area contributed by atoms with Crippen LogP contribution in [0.4, 0.5) is 23.8 Å². The molecule has 8 aromatic rings. The molecular formula is C44H64N20O6. The van der Waals surface area contributed by atoms with Crippen LogP contribution in [0.3, 0.4) is 0 Å². The Kier molecular flexibility index (Phi) is 15.2. The molecule has 2 aliphatic heterocycles. The molecule has 0 saturated carbocycles. The lowest BCUT2D eigenvalue weighted by atomic mass is 9.86. The minimum Gasteiger partial charge on any atom is -0.396 e. The number of nitrogens with zero attached hydrogens (tertiary/aromatic N) is 10. The first-order chi connectivity index (χ1) is 33.3. The molecule has 0 radical (unpaired) electrons. The first-order valence-corrected chi connectivity index (χ1v) is 23.1. The van der Waals surface area contributed by atoms with Gasteiger partial charge in [-0.05, 0) is 36.0 Å². The van der Waals surface area contributed by atoms with E-state index in [9.17, 15) is 29.4 Å². The maximum atomic E-state index is 11.7. The van der Waals surface area contributed by atoms with Crippen LogP contribution in [0.1, 0.15) is 65.0 Å². The van der Waals surface area contributed by atoms with E-state index in [4.69, 9.17) is 22.9 Å². The molecule has 0 aliphatic carbocycles. The Bertz CT molecular complexity index is 3200. The van der Waals surface area contributed by atoms with Gasteiger partial charge in [-0.1, -0.05) is 41.0 Å². The van der Waals surface area contributed by atoms with E-state index in [0.29, 0.717) is 81.8 Å². The van der Waals surface area contributed by atoms with Crippen molar-refractivity contribution in [1.82, 2.24) is 78.7 Å². The van der Waals surface area contributed by atoms with Crippen LogP contribution < -0.4 is 45.2 Å². The maximum absolute atomic E-state index is 11.7. The van der Waals surface area contributed by atoms with Crippen LogP contribution in [-0.2, 0) is 26.7 Å². The van der Waals surface area contributed by atoms with Crippen molar-refractivity contribution in [2.24, 2.45) is 30.2 Å². The number of nitrogen functional groups attached to an aromatic ring is 4. The predicted molar refractivity (Wildman–Crippen MR) is 267 cm³/mol. The zero-order valence-corrected chi connectivity index (χ0v) is 40.2. The molecule has 2 fully saturated rings. The Morgan fingerprint density at radius 2 is 1.16 bits per heavy atom. The predicted octanol–water partition coefficient (Wildman–Crippen LogP) is 0.697. The summed E-state index contributed by atoms with van der Waals surface area (Å²) in [5, 5.41) is 19.3. The average molecular weight is 969 g/mol. The molecule has 26 heteroatoms. The van der Waals surface area contributed by atoms with Gasteiger partial charge >= 0.3 is 0 Å². The third-order valence-electron chi connectivity index (χ3n) is 13.2. The number of hydrogen-bond acceptors (Lipinski definition) is 18. The summed E-state index contributed by atoms with van der Waals surface area (Å²) in [5.74, 6) is 1.61. The number of likely N-dealkylation sites (tertiary alicyclic amines) is 2. The van der Waals surface area contributed by atoms with E-state index >= 15 is 0 Å². The summed E-state index contributed by atoms with van der Waals surface area (Å²) in [6.45, 7) is 16.5. The normalized spacial score (nSPS) is 18.5. The van der Waals surface area contributed by atoms with Crippen molar-refractivity contribution < 1.29 is 10.2 Å². The Balaban J connectivity index is 0.000000140. The number of β-amino-alcohol motifs (C(OH)–C–C–N with tert-alkyl or cyclic N) is 1. The fourth-order valence-electron chi connectivity index (χ4n) is 8.64. The van der Waals surface area contributed by atoms with Crippen molar-refractivity contribution >= 4 is 68.2 Å². The monoisotopic (exact) mass is 969 g/mol. The molecule has 10 heterocycles. The largest absolute Gasteiger partial charge is 0.396 e. The lowest BCUT2D eigenvalue weighted by molar-refractivity contribution is 0.139. The second-order valence-corrected chi connectivity index (χ2v) is 18.8. The number of rotatable bonds is 10. The van der Waals surface area contributed by atoms with Gasteiger partial charge in [0.1, 0.15) is 22.1 Å². The lowest BCUT2D eigenvalue weighted by Gasteiger charge is -2.22. The summed E-state index contributed by atoms with van der Waals surface area (Å²) in [6, 6.07) is 0. The molecule has 26 nitrogen and oxygen atoms in total. The number of aliphatic hydroxyl groups excluding tert-OH is 2. The Morgan fingerprint density at radius 3 is 1.67 bits per heavy atom. The van der Waals surface area contributed by atoms with Gasteiger partial charge in [0, 0.05) is 83.0 Å². The molecule has 70 heavy (non-hydrogen) atoms. The van der Waals surface area contributed by atoms with Crippen LogP contribution in [0, 0.1) is 23.2 Å². The number of nitrogens with one attached hydrogen (secondary N) is 6. The number of aryl methyl sites for hydroxylation is 2. The molecule has 0 amide bonds. The molecule has 0 spiro atoms. The van der Waals surface area contributed by atoms with Crippen molar-refractivity contribution in [3.8, 4) is 0 Å².